The number of aliphatic hydroxyl groups is 1. The molecule has 2 unspecified atom stereocenters. The third-order valence-electron chi connectivity index (χ3n) is 3.63. The van der Waals surface area contributed by atoms with Crippen LogP contribution in [0, 0.1) is 13.8 Å². The molecular weight excluding hydrogens is 226 g/mol. The number of aryl methyl sites for hydroxylation is 2. The number of nitrogens with one attached hydrogen (secondary N) is 1. The van der Waals surface area contributed by atoms with E-state index in [0.29, 0.717) is 6.04 Å². The average molecular weight is 253 g/mol. The summed E-state index contributed by atoms with van der Waals surface area (Å²) >= 11 is 0. The maximum Gasteiger partial charge on any atom is 0.0644 e. The molecule has 0 radical (unpaired) electrons. The molecule has 0 fully saturated rings. The highest BCUT2D eigenvalue weighted by Crippen LogP contribution is 2.22. The van der Waals surface area contributed by atoms with Crippen molar-refractivity contribution in [2.75, 3.05) is 6.61 Å². The largest absolute Gasteiger partial charge is 0.396 e. The van der Waals surface area contributed by atoms with Gasteiger partial charge in [-0.25, -0.2) is 0 Å². The van der Waals surface area contributed by atoms with Gasteiger partial charge in [-0.2, -0.15) is 5.10 Å². The van der Waals surface area contributed by atoms with Gasteiger partial charge in [0.05, 0.1) is 5.69 Å². The Morgan fingerprint density at radius 1 is 1.33 bits per heavy atom. The molecule has 1 aromatic heterocycles. The maximum atomic E-state index is 9.05. The number of rotatable bonds is 7. The van der Waals surface area contributed by atoms with E-state index in [1.807, 2.05) is 0 Å². The Hall–Kier alpha value is -0.870. The molecule has 0 aliphatic carbocycles. The highest BCUT2D eigenvalue weighted by atomic mass is 16.3. The van der Waals surface area contributed by atoms with E-state index in [2.05, 4.69) is 49.7 Å². The van der Waals surface area contributed by atoms with E-state index in [0.717, 1.165) is 25.1 Å². The van der Waals surface area contributed by atoms with Crippen molar-refractivity contribution < 1.29 is 5.11 Å². The summed E-state index contributed by atoms with van der Waals surface area (Å²) in [6.07, 6.45) is 1.84. The molecule has 0 aliphatic rings. The third-order valence-corrected chi connectivity index (χ3v) is 3.63. The Kier molecular flexibility index (Phi) is 5.82. The van der Waals surface area contributed by atoms with Crippen LogP contribution in [0.1, 0.15) is 56.6 Å². The van der Waals surface area contributed by atoms with Gasteiger partial charge in [0.2, 0.25) is 0 Å². The van der Waals surface area contributed by atoms with Gasteiger partial charge in [-0.15, -0.1) is 0 Å². The van der Waals surface area contributed by atoms with Crippen LogP contribution < -0.4 is 5.32 Å². The zero-order valence-corrected chi connectivity index (χ0v) is 12.3. The fourth-order valence-corrected chi connectivity index (χ4v) is 2.64. The van der Waals surface area contributed by atoms with Crippen molar-refractivity contribution in [3.05, 3.63) is 17.0 Å². The maximum absolute atomic E-state index is 9.05. The molecule has 2 atom stereocenters. The van der Waals surface area contributed by atoms with Gasteiger partial charge in [-0.3, -0.25) is 4.68 Å². The molecule has 0 saturated carbocycles. The molecule has 104 valence electrons. The number of aliphatic hydroxyl groups excluding tert-OH is 1. The fourth-order valence-electron chi connectivity index (χ4n) is 2.64. The van der Waals surface area contributed by atoms with Gasteiger partial charge in [0, 0.05) is 36.5 Å². The molecule has 2 N–H and O–H groups in total. The fraction of sp³-hybridized carbons (Fsp3) is 0.786. The van der Waals surface area contributed by atoms with Gasteiger partial charge in [-0.05, 0) is 40.5 Å². The van der Waals surface area contributed by atoms with Gasteiger partial charge in [0.1, 0.15) is 0 Å². The molecule has 0 saturated heterocycles. The summed E-state index contributed by atoms with van der Waals surface area (Å²) < 4.78 is 2.05. The van der Waals surface area contributed by atoms with Crippen LogP contribution in [0.15, 0.2) is 0 Å². The molecule has 1 aromatic rings. The normalized spacial score (nSPS) is 14.8. The number of hydrogen-bond donors (Lipinski definition) is 2. The van der Waals surface area contributed by atoms with Gasteiger partial charge in [0.25, 0.3) is 0 Å². The van der Waals surface area contributed by atoms with Crippen LogP contribution >= 0.6 is 0 Å². The number of hydrogen-bond acceptors (Lipinski definition) is 3. The summed E-state index contributed by atoms with van der Waals surface area (Å²) in [5, 5.41) is 17.2. The van der Waals surface area contributed by atoms with Crippen molar-refractivity contribution in [3.8, 4) is 0 Å². The first kappa shape index (κ1) is 15.2. The highest BCUT2D eigenvalue weighted by Gasteiger charge is 2.19. The lowest BCUT2D eigenvalue weighted by molar-refractivity contribution is 0.257. The Balaban J connectivity index is 2.83. The Labute approximate surface area is 110 Å². The van der Waals surface area contributed by atoms with Crippen molar-refractivity contribution in [2.45, 2.75) is 66.1 Å². The molecule has 0 aliphatic heterocycles. The van der Waals surface area contributed by atoms with Crippen molar-refractivity contribution in [2.24, 2.45) is 0 Å². The van der Waals surface area contributed by atoms with Gasteiger partial charge in [-0.1, -0.05) is 6.92 Å². The molecule has 18 heavy (non-hydrogen) atoms. The van der Waals surface area contributed by atoms with Crippen LogP contribution in [-0.4, -0.2) is 27.5 Å². The second kappa shape index (κ2) is 6.90. The summed E-state index contributed by atoms with van der Waals surface area (Å²) in [6.45, 7) is 11.8. The standard InChI is InChI=1S/C14H27N3O/c1-6-13(8-9-18)15-10(3)14-11(4)16-17(7-2)12(14)5/h10,13,15,18H,6-9H2,1-5H3. The molecule has 0 aromatic carbocycles. The zero-order chi connectivity index (χ0) is 13.7. The minimum absolute atomic E-state index is 0.240. The SMILES string of the molecule is CCC(CCO)NC(C)c1c(C)nn(CC)c1C. The average Bonchev–Trinajstić information content (AvgIpc) is 2.63. The van der Waals surface area contributed by atoms with Crippen LogP contribution in [0.4, 0.5) is 0 Å². The predicted molar refractivity (Wildman–Crippen MR) is 74.7 cm³/mol. The first-order valence-electron chi connectivity index (χ1n) is 6.95. The third kappa shape index (κ3) is 3.33. The van der Waals surface area contributed by atoms with Crippen LogP contribution in [0.5, 0.6) is 0 Å². The monoisotopic (exact) mass is 253 g/mol. The molecule has 1 heterocycles. The van der Waals surface area contributed by atoms with E-state index in [4.69, 9.17) is 5.11 Å². The van der Waals surface area contributed by atoms with Crippen LogP contribution in [0.25, 0.3) is 0 Å². The predicted octanol–water partition coefficient (Wildman–Crippen LogP) is 2.33. The zero-order valence-electron chi connectivity index (χ0n) is 12.3. The first-order valence-corrected chi connectivity index (χ1v) is 6.95. The smallest absolute Gasteiger partial charge is 0.0644 e. The quantitative estimate of drug-likeness (QED) is 0.784. The molecule has 0 spiro atoms. The lowest BCUT2D eigenvalue weighted by Gasteiger charge is -2.22. The van der Waals surface area contributed by atoms with E-state index >= 15 is 0 Å². The summed E-state index contributed by atoms with van der Waals surface area (Å²) in [5.74, 6) is 0. The van der Waals surface area contributed by atoms with E-state index in [-0.39, 0.29) is 12.6 Å². The summed E-state index contributed by atoms with van der Waals surface area (Å²) in [5.41, 5.74) is 3.65. The Morgan fingerprint density at radius 3 is 2.44 bits per heavy atom. The Bertz CT molecular complexity index is 373. The molecule has 0 amide bonds. The number of nitrogens with zero attached hydrogens (tertiary/aromatic N) is 2. The van der Waals surface area contributed by atoms with Crippen LogP contribution in [-0.2, 0) is 6.54 Å². The topological polar surface area (TPSA) is 50.1 Å². The highest BCUT2D eigenvalue weighted by molar-refractivity contribution is 5.27. The summed E-state index contributed by atoms with van der Waals surface area (Å²) in [7, 11) is 0. The molecule has 1 rings (SSSR count). The van der Waals surface area contributed by atoms with E-state index in [1.54, 1.807) is 0 Å². The van der Waals surface area contributed by atoms with Crippen molar-refractivity contribution in [1.29, 1.82) is 0 Å². The molecular formula is C14H27N3O. The van der Waals surface area contributed by atoms with Crippen LogP contribution in [0.3, 0.4) is 0 Å². The molecule has 4 nitrogen and oxygen atoms in total. The first-order chi connectivity index (χ1) is 8.54. The number of aromatic nitrogens is 2. The molecule has 0 bridgehead atoms. The lowest BCUT2D eigenvalue weighted by atomic mass is 10.0. The minimum atomic E-state index is 0.240. The Morgan fingerprint density at radius 2 is 2.00 bits per heavy atom. The van der Waals surface area contributed by atoms with E-state index in [1.165, 1.54) is 11.3 Å². The van der Waals surface area contributed by atoms with Gasteiger partial charge < -0.3 is 10.4 Å². The second-order valence-corrected chi connectivity index (χ2v) is 4.91. The van der Waals surface area contributed by atoms with E-state index < -0.39 is 0 Å². The van der Waals surface area contributed by atoms with Crippen molar-refractivity contribution >= 4 is 0 Å². The van der Waals surface area contributed by atoms with Crippen LogP contribution in [0.2, 0.25) is 0 Å². The van der Waals surface area contributed by atoms with Crippen molar-refractivity contribution in [3.63, 3.8) is 0 Å². The minimum Gasteiger partial charge on any atom is -0.396 e. The molecule has 4 heteroatoms. The van der Waals surface area contributed by atoms with Crippen molar-refractivity contribution in [1.82, 2.24) is 15.1 Å². The van der Waals surface area contributed by atoms with Gasteiger partial charge >= 0.3 is 0 Å². The van der Waals surface area contributed by atoms with E-state index in [9.17, 15) is 0 Å². The lowest BCUT2D eigenvalue weighted by Crippen LogP contribution is -2.32. The summed E-state index contributed by atoms with van der Waals surface area (Å²) in [6, 6.07) is 0.649. The second-order valence-electron chi connectivity index (χ2n) is 4.91. The summed E-state index contributed by atoms with van der Waals surface area (Å²) in [4.78, 5) is 0. The van der Waals surface area contributed by atoms with Gasteiger partial charge in [0.15, 0.2) is 0 Å².